The molecule has 0 bridgehead atoms. The average Bonchev–Trinajstić information content (AvgIpc) is 2.74. The summed E-state index contributed by atoms with van der Waals surface area (Å²) in [5.74, 6) is 0.993. The van der Waals surface area contributed by atoms with Crippen LogP contribution in [0, 0.1) is 5.41 Å². The first-order chi connectivity index (χ1) is 14.0. The molecule has 1 N–H and O–H groups in total. The van der Waals surface area contributed by atoms with Crippen LogP contribution in [0.3, 0.4) is 0 Å². The highest BCUT2D eigenvalue weighted by Crippen LogP contribution is 2.40. The van der Waals surface area contributed by atoms with Gasteiger partial charge < -0.3 is 19.8 Å². The lowest BCUT2D eigenvalue weighted by atomic mass is 9.71. The van der Waals surface area contributed by atoms with Crippen LogP contribution >= 0.6 is 0 Å². The van der Waals surface area contributed by atoms with Crippen LogP contribution < -0.4 is 4.90 Å². The van der Waals surface area contributed by atoms with Gasteiger partial charge >= 0.3 is 0 Å². The van der Waals surface area contributed by atoms with E-state index in [-0.39, 0.29) is 17.2 Å². The Balaban J connectivity index is 1.42. The van der Waals surface area contributed by atoms with Crippen molar-refractivity contribution in [3.8, 4) is 0 Å². The van der Waals surface area contributed by atoms with Gasteiger partial charge in [-0.25, -0.2) is 4.98 Å². The number of carbonyl (C=O) groups excluding carboxylic acids is 2. The van der Waals surface area contributed by atoms with Crippen LogP contribution in [-0.2, 0) is 4.79 Å². The number of anilines is 1. The van der Waals surface area contributed by atoms with Crippen molar-refractivity contribution in [3.05, 3.63) is 23.9 Å². The van der Waals surface area contributed by atoms with E-state index >= 15 is 0 Å². The number of likely N-dealkylation sites (tertiary alicyclic amines) is 2. The summed E-state index contributed by atoms with van der Waals surface area (Å²) < 4.78 is 0. The van der Waals surface area contributed by atoms with Crippen LogP contribution in [0.4, 0.5) is 5.82 Å². The summed E-state index contributed by atoms with van der Waals surface area (Å²) in [5, 5.41) is 10.3. The van der Waals surface area contributed by atoms with Gasteiger partial charge in [-0.1, -0.05) is 0 Å². The van der Waals surface area contributed by atoms with Crippen molar-refractivity contribution in [1.29, 1.82) is 0 Å². The number of aliphatic hydroxyl groups is 1. The lowest BCUT2D eigenvalue weighted by molar-refractivity contribution is -0.137. The number of piperidine rings is 3. The Morgan fingerprint density at radius 2 is 1.83 bits per heavy atom. The molecule has 3 aliphatic heterocycles. The van der Waals surface area contributed by atoms with E-state index in [2.05, 4.69) is 9.88 Å². The molecule has 0 aromatic carbocycles. The molecule has 158 valence electrons. The summed E-state index contributed by atoms with van der Waals surface area (Å²) in [6.07, 6.45) is 7.26. The number of β-amino-alcohol motifs (C(OH)–C–C–N with tert-alkyl or cyclic N) is 1. The summed E-state index contributed by atoms with van der Waals surface area (Å²) >= 11 is 0. The Kier molecular flexibility index (Phi) is 5.76. The fourth-order valence-electron chi connectivity index (χ4n) is 5.17. The molecule has 3 saturated heterocycles. The van der Waals surface area contributed by atoms with Gasteiger partial charge in [0, 0.05) is 58.0 Å². The second-order valence-electron chi connectivity index (χ2n) is 9.00. The normalized spacial score (nSPS) is 24.6. The number of hydrogen-bond acceptors (Lipinski definition) is 5. The fourth-order valence-corrected chi connectivity index (χ4v) is 5.17. The van der Waals surface area contributed by atoms with Gasteiger partial charge in [-0.3, -0.25) is 9.59 Å². The van der Waals surface area contributed by atoms with Gasteiger partial charge in [0.1, 0.15) is 5.82 Å². The SMILES string of the molecule is CC(=O)N1CC(O)CC2(CCN(c3cc(C(=O)N4CCCCC4)ccn3)CC2)C1. The highest BCUT2D eigenvalue weighted by Gasteiger charge is 2.42. The second-order valence-corrected chi connectivity index (χ2v) is 9.00. The van der Waals surface area contributed by atoms with Crippen LogP contribution in [0.1, 0.15) is 55.8 Å². The van der Waals surface area contributed by atoms with Crippen molar-refractivity contribution < 1.29 is 14.7 Å². The third kappa shape index (κ3) is 4.39. The van der Waals surface area contributed by atoms with Crippen molar-refractivity contribution in [1.82, 2.24) is 14.8 Å². The number of pyridine rings is 1. The van der Waals surface area contributed by atoms with E-state index in [0.717, 1.165) is 70.6 Å². The maximum absolute atomic E-state index is 12.8. The number of nitrogens with zero attached hydrogens (tertiary/aromatic N) is 4. The second kappa shape index (κ2) is 8.30. The van der Waals surface area contributed by atoms with E-state index in [1.54, 1.807) is 18.0 Å². The zero-order chi connectivity index (χ0) is 20.4. The molecule has 0 aliphatic carbocycles. The van der Waals surface area contributed by atoms with Gasteiger partial charge in [-0.15, -0.1) is 0 Å². The Bertz CT molecular complexity index is 754. The Labute approximate surface area is 172 Å². The van der Waals surface area contributed by atoms with Crippen LogP contribution in [0.5, 0.6) is 0 Å². The summed E-state index contributed by atoms with van der Waals surface area (Å²) in [5.41, 5.74) is 0.703. The molecule has 2 amide bonds. The molecule has 4 heterocycles. The highest BCUT2D eigenvalue weighted by molar-refractivity contribution is 5.94. The predicted molar refractivity (Wildman–Crippen MR) is 111 cm³/mol. The molecule has 3 fully saturated rings. The molecule has 0 saturated carbocycles. The Morgan fingerprint density at radius 1 is 1.10 bits per heavy atom. The first-order valence-electron chi connectivity index (χ1n) is 10.9. The van der Waals surface area contributed by atoms with Crippen molar-refractivity contribution in [2.75, 3.05) is 44.2 Å². The topological polar surface area (TPSA) is 77.0 Å². The summed E-state index contributed by atoms with van der Waals surface area (Å²) in [6.45, 7) is 6.10. The minimum absolute atomic E-state index is 0.0128. The molecule has 1 atom stereocenters. The first kappa shape index (κ1) is 20.1. The van der Waals surface area contributed by atoms with Crippen LogP contribution in [0.25, 0.3) is 0 Å². The minimum Gasteiger partial charge on any atom is -0.391 e. The Morgan fingerprint density at radius 3 is 2.52 bits per heavy atom. The zero-order valence-electron chi connectivity index (χ0n) is 17.3. The molecular formula is C22H32N4O3. The molecule has 1 spiro atoms. The highest BCUT2D eigenvalue weighted by atomic mass is 16.3. The van der Waals surface area contributed by atoms with Crippen LogP contribution in [-0.4, -0.2) is 77.1 Å². The van der Waals surface area contributed by atoms with Gasteiger partial charge in [-0.05, 0) is 56.1 Å². The van der Waals surface area contributed by atoms with E-state index in [1.807, 2.05) is 17.0 Å². The molecular weight excluding hydrogens is 368 g/mol. The molecule has 1 aromatic heterocycles. The van der Waals surface area contributed by atoms with Gasteiger partial charge in [0.05, 0.1) is 6.10 Å². The number of rotatable bonds is 2. The minimum atomic E-state index is -0.442. The standard InChI is InChI=1S/C22H32N4O3/c1-17(27)26-15-19(28)14-22(16-26)6-11-24(12-7-22)20-13-18(5-8-23-20)21(29)25-9-3-2-4-10-25/h5,8,13,19,28H,2-4,6-7,9-12,14-16H2,1H3. The van der Waals surface area contributed by atoms with Crippen molar-refractivity contribution in [3.63, 3.8) is 0 Å². The fraction of sp³-hybridized carbons (Fsp3) is 0.682. The van der Waals surface area contributed by atoms with Gasteiger partial charge in [0.25, 0.3) is 5.91 Å². The molecule has 0 radical (unpaired) electrons. The summed E-state index contributed by atoms with van der Waals surface area (Å²) in [4.78, 5) is 35.2. The molecule has 7 nitrogen and oxygen atoms in total. The lowest BCUT2D eigenvalue weighted by Crippen LogP contribution is -2.55. The average molecular weight is 401 g/mol. The first-order valence-corrected chi connectivity index (χ1v) is 10.9. The number of carbonyl (C=O) groups is 2. The number of hydrogen-bond donors (Lipinski definition) is 1. The van der Waals surface area contributed by atoms with E-state index in [0.29, 0.717) is 12.1 Å². The van der Waals surface area contributed by atoms with E-state index < -0.39 is 6.10 Å². The molecule has 3 aliphatic rings. The third-order valence-corrected chi connectivity index (χ3v) is 6.86. The van der Waals surface area contributed by atoms with Gasteiger partial charge in [-0.2, -0.15) is 0 Å². The zero-order valence-corrected chi connectivity index (χ0v) is 17.3. The van der Waals surface area contributed by atoms with Crippen molar-refractivity contribution in [2.45, 2.75) is 51.6 Å². The number of aromatic nitrogens is 1. The quantitative estimate of drug-likeness (QED) is 0.821. The Hall–Kier alpha value is -2.15. The molecule has 7 heteroatoms. The van der Waals surface area contributed by atoms with Crippen molar-refractivity contribution >= 4 is 17.6 Å². The van der Waals surface area contributed by atoms with Crippen LogP contribution in [0.2, 0.25) is 0 Å². The van der Waals surface area contributed by atoms with Crippen molar-refractivity contribution in [2.24, 2.45) is 5.41 Å². The molecule has 1 unspecified atom stereocenters. The largest absolute Gasteiger partial charge is 0.391 e. The summed E-state index contributed by atoms with van der Waals surface area (Å²) in [6, 6.07) is 3.74. The monoisotopic (exact) mass is 400 g/mol. The van der Waals surface area contributed by atoms with Gasteiger partial charge in [0.2, 0.25) is 5.91 Å². The number of amides is 2. The predicted octanol–water partition coefficient (Wildman–Crippen LogP) is 1.91. The lowest BCUT2D eigenvalue weighted by Gasteiger charge is -2.49. The van der Waals surface area contributed by atoms with E-state index in [4.69, 9.17) is 0 Å². The maximum atomic E-state index is 12.8. The van der Waals surface area contributed by atoms with Gasteiger partial charge in [0.15, 0.2) is 0 Å². The third-order valence-electron chi connectivity index (χ3n) is 6.86. The number of aliphatic hydroxyl groups excluding tert-OH is 1. The maximum Gasteiger partial charge on any atom is 0.254 e. The smallest absolute Gasteiger partial charge is 0.254 e. The molecule has 4 rings (SSSR count). The molecule has 29 heavy (non-hydrogen) atoms. The van der Waals surface area contributed by atoms with E-state index in [1.165, 1.54) is 6.42 Å². The molecule has 1 aromatic rings. The van der Waals surface area contributed by atoms with E-state index in [9.17, 15) is 14.7 Å². The van der Waals surface area contributed by atoms with Crippen LogP contribution in [0.15, 0.2) is 18.3 Å². The summed E-state index contributed by atoms with van der Waals surface area (Å²) in [7, 11) is 0.